The molecule has 0 bridgehead atoms. The summed E-state index contributed by atoms with van der Waals surface area (Å²) in [6.45, 7) is 7.17. The zero-order valence-electron chi connectivity index (χ0n) is 7.88. The molecule has 0 aliphatic carbocycles. The number of rotatable bonds is 0. The third kappa shape index (κ3) is 4.01. The van der Waals surface area contributed by atoms with Crippen molar-refractivity contribution < 1.29 is 32.7 Å². The van der Waals surface area contributed by atoms with E-state index in [2.05, 4.69) is 32.2 Å². The topological polar surface area (TPSA) is 3.24 Å². The van der Waals surface area contributed by atoms with Gasteiger partial charge in [-0.2, -0.15) is 12.3 Å². The summed E-state index contributed by atoms with van der Waals surface area (Å²) in [7, 11) is 2.21. The van der Waals surface area contributed by atoms with Gasteiger partial charge in [0, 0.05) is 32.7 Å². The van der Waals surface area contributed by atoms with E-state index in [0.29, 0.717) is 0 Å². The first-order valence-electron chi connectivity index (χ1n) is 4.22. The summed E-state index contributed by atoms with van der Waals surface area (Å²) in [5, 5.41) is 0. The minimum absolute atomic E-state index is 0. The predicted molar refractivity (Wildman–Crippen MR) is 44.7 cm³/mol. The maximum Gasteiger partial charge on any atom is 0 e. The molecule has 2 heteroatoms. The van der Waals surface area contributed by atoms with Crippen LogP contribution in [-0.4, -0.2) is 25.0 Å². The third-order valence-electron chi connectivity index (χ3n) is 2.55. The molecule has 1 aliphatic heterocycles. The van der Waals surface area contributed by atoms with Gasteiger partial charge in [0.1, 0.15) is 0 Å². The van der Waals surface area contributed by atoms with E-state index in [4.69, 9.17) is 0 Å². The molecule has 0 aromatic rings. The van der Waals surface area contributed by atoms with Crippen LogP contribution in [0.4, 0.5) is 0 Å². The van der Waals surface area contributed by atoms with Crippen LogP contribution < -0.4 is 0 Å². The largest absolute Gasteiger partial charge is 0.324 e. The number of likely N-dealkylation sites (tertiary alicyclic amines) is 1. The van der Waals surface area contributed by atoms with Crippen molar-refractivity contribution in [2.24, 2.45) is 11.8 Å². The van der Waals surface area contributed by atoms with Crippen LogP contribution >= 0.6 is 0 Å². The molecule has 2 unspecified atom stereocenters. The molecule has 0 N–H and O–H groups in total. The van der Waals surface area contributed by atoms with Crippen molar-refractivity contribution in [1.29, 1.82) is 0 Å². The van der Waals surface area contributed by atoms with Gasteiger partial charge in [-0.15, -0.1) is 0 Å². The molecule has 63 valence electrons. The first-order valence-corrected chi connectivity index (χ1v) is 4.22. The Balaban J connectivity index is 0.000001000. The first-order chi connectivity index (χ1) is 4.70. The Kier molecular flexibility index (Phi) is 6.21. The summed E-state index contributed by atoms with van der Waals surface area (Å²) in [5.41, 5.74) is 0. The van der Waals surface area contributed by atoms with Crippen LogP contribution in [0.25, 0.3) is 0 Å². The Morgan fingerprint density at radius 1 is 1.36 bits per heavy atom. The van der Waals surface area contributed by atoms with Crippen LogP contribution in [0.3, 0.4) is 0 Å². The van der Waals surface area contributed by atoms with E-state index >= 15 is 0 Å². The molecule has 1 rings (SSSR count). The summed E-state index contributed by atoms with van der Waals surface area (Å²) in [6, 6.07) is 0. The molecular formula is C9H18NY-. The van der Waals surface area contributed by atoms with Crippen LogP contribution in [0, 0.1) is 18.3 Å². The summed E-state index contributed by atoms with van der Waals surface area (Å²) < 4.78 is 0. The summed E-state index contributed by atoms with van der Waals surface area (Å²) in [4.78, 5) is 2.42. The Morgan fingerprint density at radius 3 is 2.64 bits per heavy atom. The van der Waals surface area contributed by atoms with Gasteiger partial charge in [0.05, 0.1) is 0 Å². The van der Waals surface area contributed by atoms with Crippen molar-refractivity contribution in [3.8, 4) is 0 Å². The average molecular weight is 229 g/mol. The summed E-state index contributed by atoms with van der Waals surface area (Å²) >= 11 is 0. The second-order valence-corrected chi connectivity index (χ2v) is 3.62. The molecule has 0 aromatic heterocycles. The van der Waals surface area contributed by atoms with Crippen molar-refractivity contribution in [2.75, 3.05) is 20.1 Å². The van der Waals surface area contributed by atoms with E-state index in [1.807, 2.05) is 0 Å². The van der Waals surface area contributed by atoms with E-state index in [-0.39, 0.29) is 32.7 Å². The van der Waals surface area contributed by atoms with Gasteiger partial charge in [-0.3, -0.25) is 0 Å². The van der Waals surface area contributed by atoms with E-state index in [9.17, 15) is 0 Å². The van der Waals surface area contributed by atoms with E-state index in [0.717, 1.165) is 11.8 Å². The van der Waals surface area contributed by atoms with Crippen molar-refractivity contribution in [2.45, 2.75) is 20.3 Å². The van der Waals surface area contributed by atoms with E-state index in [1.54, 1.807) is 0 Å². The minimum atomic E-state index is 0. The Hall–Kier alpha value is 1.06. The van der Waals surface area contributed by atoms with E-state index < -0.39 is 0 Å². The van der Waals surface area contributed by atoms with Gasteiger partial charge in [0.15, 0.2) is 0 Å². The molecule has 1 nitrogen and oxygen atoms in total. The van der Waals surface area contributed by atoms with Gasteiger partial charge in [0.25, 0.3) is 0 Å². The average Bonchev–Trinajstić information content (AvgIpc) is 1.96. The molecule has 2 atom stereocenters. The number of nitrogens with zero attached hydrogens (tertiary/aromatic N) is 1. The predicted octanol–water partition coefficient (Wildman–Crippen LogP) is 1.80. The molecule has 0 saturated carbocycles. The van der Waals surface area contributed by atoms with Crippen molar-refractivity contribution >= 4 is 0 Å². The Morgan fingerprint density at radius 2 is 2.00 bits per heavy atom. The van der Waals surface area contributed by atoms with Crippen molar-refractivity contribution in [3.63, 3.8) is 0 Å². The van der Waals surface area contributed by atoms with Gasteiger partial charge in [0.2, 0.25) is 0 Å². The van der Waals surface area contributed by atoms with Gasteiger partial charge in [-0.25, -0.2) is 0 Å². The fourth-order valence-corrected chi connectivity index (χ4v) is 1.54. The SMILES string of the molecule is CC1[CH-]CCN(C)CC1C.[Y]. The zero-order chi connectivity index (χ0) is 7.56. The van der Waals surface area contributed by atoms with Gasteiger partial charge in [-0.1, -0.05) is 19.8 Å². The summed E-state index contributed by atoms with van der Waals surface area (Å²) in [6.07, 6.45) is 3.72. The standard InChI is InChI=1S/C9H18N.Y/c1-8-5-4-6-10(3)7-9(8)2;/h5,8-9H,4,6-7H2,1-3H3;/q-1;. The fraction of sp³-hybridized carbons (Fsp3) is 0.889. The quantitative estimate of drug-likeness (QED) is 0.572. The second-order valence-electron chi connectivity index (χ2n) is 3.62. The molecule has 1 radical (unpaired) electrons. The fourth-order valence-electron chi connectivity index (χ4n) is 1.54. The molecule has 1 fully saturated rings. The van der Waals surface area contributed by atoms with Gasteiger partial charge >= 0.3 is 0 Å². The van der Waals surface area contributed by atoms with Crippen molar-refractivity contribution in [1.82, 2.24) is 4.90 Å². The normalized spacial score (nSPS) is 34.1. The Bertz CT molecular complexity index is 106. The van der Waals surface area contributed by atoms with Crippen LogP contribution in [0.5, 0.6) is 0 Å². The third-order valence-corrected chi connectivity index (χ3v) is 2.55. The second kappa shape index (κ2) is 5.67. The molecule has 0 spiro atoms. The molecular weight excluding hydrogens is 211 g/mol. The van der Waals surface area contributed by atoms with Crippen molar-refractivity contribution in [3.05, 3.63) is 6.42 Å². The molecule has 0 aromatic carbocycles. The monoisotopic (exact) mass is 229 g/mol. The first kappa shape index (κ1) is 12.1. The van der Waals surface area contributed by atoms with Crippen LogP contribution in [-0.2, 0) is 32.7 Å². The van der Waals surface area contributed by atoms with Crippen LogP contribution in [0.15, 0.2) is 0 Å². The minimum Gasteiger partial charge on any atom is -0.324 e. The Labute approximate surface area is 95.8 Å². The maximum atomic E-state index is 2.45. The summed E-state index contributed by atoms with van der Waals surface area (Å²) in [5.74, 6) is 1.65. The number of hydrogen-bond acceptors (Lipinski definition) is 1. The van der Waals surface area contributed by atoms with Gasteiger partial charge in [-0.05, 0) is 20.1 Å². The van der Waals surface area contributed by atoms with E-state index in [1.165, 1.54) is 19.5 Å². The van der Waals surface area contributed by atoms with Crippen LogP contribution in [0.2, 0.25) is 0 Å². The molecule has 0 amide bonds. The maximum absolute atomic E-state index is 2.45. The molecule has 11 heavy (non-hydrogen) atoms. The zero-order valence-corrected chi connectivity index (χ0v) is 10.7. The van der Waals surface area contributed by atoms with Gasteiger partial charge < -0.3 is 11.3 Å². The molecule has 1 aliphatic rings. The smallest absolute Gasteiger partial charge is 0 e. The number of hydrogen-bond donors (Lipinski definition) is 0. The van der Waals surface area contributed by atoms with Crippen LogP contribution in [0.1, 0.15) is 20.3 Å². The molecule has 1 saturated heterocycles. The molecule has 1 heterocycles.